The highest BCUT2D eigenvalue weighted by molar-refractivity contribution is 5.77. The summed E-state index contributed by atoms with van der Waals surface area (Å²) in [5.41, 5.74) is 9.54. The van der Waals surface area contributed by atoms with Crippen molar-refractivity contribution >= 4 is 16.8 Å². The van der Waals surface area contributed by atoms with E-state index in [4.69, 9.17) is 10.2 Å². The molecule has 0 amide bonds. The summed E-state index contributed by atoms with van der Waals surface area (Å²) >= 11 is 0. The third-order valence-electron chi connectivity index (χ3n) is 3.30. The van der Waals surface area contributed by atoms with Crippen LogP contribution >= 0.6 is 0 Å². The predicted molar refractivity (Wildman–Crippen MR) is 76.6 cm³/mol. The smallest absolute Gasteiger partial charge is 0.408 e. The molecule has 0 saturated carbocycles. The second-order valence-electron chi connectivity index (χ2n) is 4.77. The van der Waals surface area contributed by atoms with Crippen molar-refractivity contribution in [3.05, 3.63) is 46.2 Å². The SMILES string of the molecule is CCn1nc(C)cc1Cn1c(=O)oc2ccc(N)cc21. The van der Waals surface area contributed by atoms with Crippen LogP contribution in [0.15, 0.2) is 33.5 Å². The van der Waals surface area contributed by atoms with Gasteiger partial charge in [-0.15, -0.1) is 0 Å². The van der Waals surface area contributed by atoms with Crippen molar-refractivity contribution in [2.45, 2.75) is 26.9 Å². The Hall–Kier alpha value is -2.50. The highest BCUT2D eigenvalue weighted by Crippen LogP contribution is 2.17. The Bertz CT molecular complexity index is 825. The maximum Gasteiger partial charge on any atom is 0.420 e. The summed E-state index contributed by atoms with van der Waals surface area (Å²) in [6.07, 6.45) is 0. The number of nitrogen functional groups attached to an aromatic ring is 1. The molecule has 0 aliphatic rings. The molecule has 2 aromatic heterocycles. The number of hydrogen-bond donors (Lipinski definition) is 1. The van der Waals surface area contributed by atoms with E-state index in [9.17, 15) is 4.79 Å². The summed E-state index contributed by atoms with van der Waals surface area (Å²) in [7, 11) is 0. The Balaban J connectivity index is 2.12. The number of rotatable bonds is 3. The summed E-state index contributed by atoms with van der Waals surface area (Å²) in [5.74, 6) is -0.382. The largest absolute Gasteiger partial charge is 0.420 e. The van der Waals surface area contributed by atoms with Gasteiger partial charge in [0.1, 0.15) is 0 Å². The maximum atomic E-state index is 12.0. The zero-order valence-electron chi connectivity index (χ0n) is 11.5. The van der Waals surface area contributed by atoms with Gasteiger partial charge in [-0.1, -0.05) is 0 Å². The molecule has 0 bridgehead atoms. The van der Waals surface area contributed by atoms with Crippen LogP contribution < -0.4 is 11.5 Å². The summed E-state index contributed by atoms with van der Waals surface area (Å²) in [6, 6.07) is 7.15. The van der Waals surface area contributed by atoms with Crippen molar-refractivity contribution in [2.75, 3.05) is 5.73 Å². The van der Waals surface area contributed by atoms with Gasteiger partial charge in [-0.2, -0.15) is 5.10 Å². The Labute approximate surface area is 115 Å². The summed E-state index contributed by atoms with van der Waals surface area (Å²) in [4.78, 5) is 12.0. The van der Waals surface area contributed by atoms with Gasteiger partial charge >= 0.3 is 5.76 Å². The fourth-order valence-corrected chi connectivity index (χ4v) is 2.39. The minimum atomic E-state index is -0.382. The van der Waals surface area contributed by atoms with E-state index in [1.165, 1.54) is 0 Å². The monoisotopic (exact) mass is 272 g/mol. The third-order valence-corrected chi connectivity index (χ3v) is 3.30. The topological polar surface area (TPSA) is 79.0 Å². The minimum Gasteiger partial charge on any atom is -0.408 e. The molecule has 2 N–H and O–H groups in total. The van der Waals surface area contributed by atoms with Crippen LogP contribution in [0.2, 0.25) is 0 Å². The Kier molecular flexibility index (Phi) is 2.85. The second-order valence-corrected chi connectivity index (χ2v) is 4.77. The number of fused-ring (bicyclic) bond motifs is 1. The van der Waals surface area contributed by atoms with Gasteiger partial charge in [0, 0.05) is 12.2 Å². The van der Waals surface area contributed by atoms with Crippen LogP contribution in [0.4, 0.5) is 5.69 Å². The van der Waals surface area contributed by atoms with E-state index in [0.29, 0.717) is 23.3 Å². The number of oxazole rings is 1. The Morgan fingerprint density at radius 2 is 2.15 bits per heavy atom. The molecule has 6 nitrogen and oxygen atoms in total. The van der Waals surface area contributed by atoms with E-state index in [0.717, 1.165) is 17.9 Å². The first-order valence-electron chi connectivity index (χ1n) is 6.50. The zero-order valence-corrected chi connectivity index (χ0v) is 11.5. The van der Waals surface area contributed by atoms with Gasteiger partial charge in [-0.3, -0.25) is 9.25 Å². The van der Waals surface area contributed by atoms with E-state index in [-0.39, 0.29) is 5.76 Å². The number of nitrogens with zero attached hydrogens (tertiary/aromatic N) is 3. The van der Waals surface area contributed by atoms with E-state index in [1.807, 2.05) is 24.6 Å². The molecule has 0 atom stereocenters. The number of aromatic nitrogens is 3. The van der Waals surface area contributed by atoms with Gasteiger partial charge < -0.3 is 10.2 Å². The van der Waals surface area contributed by atoms with Crippen molar-refractivity contribution in [3.63, 3.8) is 0 Å². The summed E-state index contributed by atoms with van der Waals surface area (Å²) < 4.78 is 8.69. The molecule has 0 aliphatic carbocycles. The number of hydrogen-bond acceptors (Lipinski definition) is 4. The Morgan fingerprint density at radius 3 is 2.90 bits per heavy atom. The number of benzene rings is 1. The maximum absolute atomic E-state index is 12.0. The zero-order chi connectivity index (χ0) is 14.3. The molecule has 0 radical (unpaired) electrons. The van der Waals surface area contributed by atoms with E-state index in [1.54, 1.807) is 22.8 Å². The molecule has 0 unspecified atom stereocenters. The molecule has 6 heteroatoms. The third kappa shape index (κ3) is 1.99. The molecule has 2 heterocycles. The quantitative estimate of drug-likeness (QED) is 0.737. The molecule has 20 heavy (non-hydrogen) atoms. The first-order chi connectivity index (χ1) is 9.58. The standard InChI is InChI=1S/C14H16N4O2/c1-3-18-11(6-9(2)16-18)8-17-12-7-10(15)4-5-13(12)20-14(17)19/h4-7H,3,8,15H2,1-2H3. The highest BCUT2D eigenvalue weighted by Gasteiger charge is 2.12. The lowest BCUT2D eigenvalue weighted by atomic mass is 10.3. The molecular weight excluding hydrogens is 256 g/mol. The van der Waals surface area contributed by atoms with Crippen molar-refractivity contribution in [1.82, 2.24) is 14.3 Å². The lowest BCUT2D eigenvalue weighted by molar-refractivity contribution is 0.507. The molecule has 3 rings (SSSR count). The highest BCUT2D eigenvalue weighted by atomic mass is 16.4. The predicted octanol–water partition coefficient (Wildman–Crippen LogP) is 1.75. The first-order valence-corrected chi connectivity index (χ1v) is 6.50. The van der Waals surface area contributed by atoms with Crippen molar-refractivity contribution < 1.29 is 4.42 Å². The van der Waals surface area contributed by atoms with Gasteiger partial charge in [-0.05, 0) is 38.1 Å². The van der Waals surface area contributed by atoms with Crippen LogP contribution in [-0.4, -0.2) is 14.3 Å². The van der Waals surface area contributed by atoms with Gasteiger partial charge in [0.2, 0.25) is 0 Å². The average molecular weight is 272 g/mol. The van der Waals surface area contributed by atoms with E-state index in [2.05, 4.69) is 5.10 Å². The number of aryl methyl sites for hydroxylation is 2. The molecule has 104 valence electrons. The lowest BCUT2D eigenvalue weighted by Gasteiger charge is -2.05. The van der Waals surface area contributed by atoms with Crippen molar-refractivity contribution in [1.29, 1.82) is 0 Å². The number of nitrogens with two attached hydrogens (primary N) is 1. The fourth-order valence-electron chi connectivity index (χ4n) is 2.39. The van der Waals surface area contributed by atoms with Crippen molar-refractivity contribution in [3.8, 4) is 0 Å². The summed E-state index contributed by atoms with van der Waals surface area (Å²) in [5, 5.41) is 4.38. The molecule has 0 spiro atoms. The first kappa shape index (κ1) is 12.5. The van der Waals surface area contributed by atoms with Crippen LogP contribution in [-0.2, 0) is 13.1 Å². The minimum absolute atomic E-state index is 0.382. The lowest BCUT2D eigenvalue weighted by Crippen LogP contribution is -2.17. The van der Waals surface area contributed by atoms with E-state index >= 15 is 0 Å². The number of anilines is 1. The Morgan fingerprint density at radius 1 is 1.35 bits per heavy atom. The van der Waals surface area contributed by atoms with Crippen molar-refractivity contribution in [2.24, 2.45) is 0 Å². The van der Waals surface area contributed by atoms with E-state index < -0.39 is 0 Å². The van der Waals surface area contributed by atoms with Gasteiger partial charge in [0.15, 0.2) is 5.58 Å². The van der Waals surface area contributed by atoms with Crippen LogP contribution in [0.3, 0.4) is 0 Å². The second kappa shape index (κ2) is 4.56. The van der Waals surface area contributed by atoms with Crippen LogP contribution in [0.5, 0.6) is 0 Å². The summed E-state index contributed by atoms with van der Waals surface area (Å²) in [6.45, 7) is 5.13. The average Bonchev–Trinajstić information content (AvgIpc) is 2.91. The van der Waals surface area contributed by atoms with Gasteiger partial charge in [0.25, 0.3) is 0 Å². The van der Waals surface area contributed by atoms with Crippen LogP contribution in [0, 0.1) is 6.92 Å². The van der Waals surface area contributed by atoms with Crippen LogP contribution in [0.25, 0.3) is 11.1 Å². The normalized spacial score (nSPS) is 11.3. The molecule has 0 fully saturated rings. The molecule has 3 aromatic rings. The molecule has 0 aliphatic heterocycles. The van der Waals surface area contributed by atoms with Gasteiger partial charge in [-0.25, -0.2) is 4.79 Å². The van der Waals surface area contributed by atoms with Crippen LogP contribution in [0.1, 0.15) is 18.3 Å². The molecular formula is C14H16N4O2. The van der Waals surface area contributed by atoms with Gasteiger partial charge in [0.05, 0.1) is 23.4 Å². The molecule has 1 aromatic carbocycles. The fraction of sp³-hybridized carbons (Fsp3) is 0.286. The molecule has 0 saturated heterocycles.